The highest BCUT2D eigenvalue weighted by Gasteiger charge is 2.31. The van der Waals surface area contributed by atoms with Gasteiger partial charge in [0.25, 0.3) is 11.6 Å². The van der Waals surface area contributed by atoms with E-state index in [1.54, 1.807) is 4.90 Å². The van der Waals surface area contributed by atoms with Gasteiger partial charge in [-0.3, -0.25) is 19.7 Å². The van der Waals surface area contributed by atoms with E-state index in [0.29, 0.717) is 38.5 Å². The number of carbonyl (C=O) groups excluding carboxylic acids is 1. The molecule has 2 aliphatic rings. The molecular weight excluding hydrogens is 344 g/mol. The number of fused-ring (bicyclic) bond motifs is 1. The van der Waals surface area contributed by atoms with Crippen molar-refractivity contribution in [2.45, 2.75) is 25.7 Å². The van der Waals surface area contributed by atoms with Crippen LogP contribution in [0.1, 0.15) is 36.0 Å². The Morgan fingerprint density at radius 2 is 1.96 bits per heavy atom. The quantitative estimate of drug-likeness (QED) is 0.627. The molecule has 1 unspecified atom stereocenters. The lowest BCUT2D eigenvalue weighted by Gasteiger charge is -2.32. The number of carbonyl (C=O) groups is 2. The molecule has 26 heavy (non-hydrogen) atoms. The van der Waals surface area contributed by atoms with Gasteiger partial charge in [0.05, 0.1) is 11.0 Å². The Kier molecular flexibility index (Phi) is 5.24. The summed E-state index contributed by atoms with van der Waals surface area (Å²) in [5.74, 6) is -0.633. The summed E-state index contributed by atoms with van der Waals surface area (Å²) in [6.45, 7) is 1.51. The minimum absolute atomic E-state index is 0.0295. The molecule has 0 spiro atoms. The highest BCUT2D eigenvalue weighted by Crippen LogP contribution is 2.37. The molecular formula is C17H20N2O7. The number of nitrogens with zero attached hydrogens (tertiary/aromatic N) is 2. The number of hydrogen-bond donors (Lipinski definition) is 1. The molecule has 1 fully saturated rings. The second-order valence-corrected chi connectivity index (χ2v) is 6.46. The van der Waals surface area contributed by atoms with Crippen molar-refractivity contribution in [3.63, 3.8) is 0 Å². The van der Waals surface area contributed by atoms with Gasteiger partial charge >= 0.3 is 5.97 Å². The van der Waals surface area contributed by atoms with Gasteiger partial charge in [0.2, 0.25) is 0 Å². The molecule has 1 N–H and O–H groups in total. The molecule has 0 aromatic heterocycles. The Bertz CT molecular complexity index is 734. The van der Waals surface area contributed by atoms with Crippen LogP contribution in [0, 0.1) is 16.0 Å². The van der Waals surface area contributed by atoms with E-state index < -0.39 is 16.8 Å². The summed E-state index contributed by atoms with van der Waals surface area (Å²) in [4.78, 5) is 36.0. The number of hydrogen-bond acceptors (Lipinski definition) is 6. The lowest BCUT2D eigenvalue weighted by molar-refractivity contribution is -0.385. The fraction of sp³-hybridized carbons (Fsp3) is 0.529. The molecule has 2 heterocycles. The minimum Gasteiger partial charge on any atom is -0.486 e. The molecule has 9 nitrogen and oxygen atoms in total. The number of ether oxygens (including phenoxy) is 2. The number of aliphatic carboxylic acids is 1. The van der Waals surface area contributed by atoms with E-state index in [9.17, 15) is 19.7 Å². The van der Waals surface area contributed by atoms with Crippen molar-refractivity contribution in [3.05, 3.63) is 27.8 Å². The average molecular weight is 364 g/mol. The largest absolute Gasteiger partial charge is 0.486 e. The monoisotopic (exact) mass is 364 g/mol. The fourth-order valence-corrected chi connectivity index (χ4v) is 3.38. The molecule has 2 aliphatic heterocycles. The molecule has 140 valence electrons. The van der Waals surface area contributed by atoms with Gasteiger partial charge < -0.3 is 19.5 Å². The standard InChI is InChI=1S/C17H20N2O7/c20-16(21)4-3-11-2-1-5-18(10-11)17(22)12-8-14-15(26-7-6-25-14)9-13(12)19(23)24/h8-9,11H,1-7,10H2,(H,20,21). The topological polar surface area (TPSA) is 119 Å². The molecule has 0 saturated carbocycles. The molecule has 1 aromatic rings. The van der Waals surface area contributed by atoms with Crippen LogP contribution in [0.5, 0.6) is 11.5 Å². The molecule has 1 aromatic carbocycles. The fourth-order valence-electron chi connectivity index (χ4n) is 3.38. The summed E-state index contributed by atoms with van der Waals surface area (Å²) in [6.07, 6.45) is 2.13. The number of rotatable bonds is 5. The molecule has 1 saturated heterocycles. The summed E-state index contributed by atoms with van der Waals surface area (Å²) in [5, 5.41) is 20.2. The van der Waals surface area contributed by atoms with Gasteiger partial charge in [0.15, 0.2) is 11.5 Å². The maximum absolute atomic E-state index is 12.9. The van der Waals surface area contributed by atoms with Crippen molar-refractivity contribution >= 4 is 17.6 Å². The van der Waals surface area contributed by atoms with Crippen LogP contribution in [0.3, 0.4) is 0 Å². The molecule has 1 amide bonds. The molecule has 1 atom stereocenters. The van der Waals surface area contributed by atoms with E-state index >= 15 is 0 Å². The predicted octanol–water partition coefficient (Wildman–Crippen LogP) is 2.08. The predicted molar refractivity (Wildman–Crippen MR) is 89.6 cm³/mol. The van der Waals surface area contributed by atoms with Crippen molar-refractivity contribution in [3.8, 4) is 11.5 Å². The molecule has 0 radical (unpaired) electrons. The first-order chi connectivity index (χ1) is 12.5. The van der Waals surface area contributed by atoms with Crippen molar-refractivity contribution in [2.75, 3.05) is 26.3 Å². The van der Waals surface area contributed by atoms with Crippen LogP contribution in [0.25, 0.3) is 0 Å². The maximum Gasteiger partial charge on any atom is 0.303 e. The van der Waals surface area contributed by atoms with Gasteiger partial charge in [-0.25, -0.2) is 0 Å². The smallest absolute Gasteiger partial charge is 0.303 e. The second kappa shape index (κ2) is 7.59. The van der Waals surface area contributed by atoms with Gasteiger partial charge in [0, 0.05) is 25.6 Å². The average Bonchev–Trinajstić information content (AvgIpc) is 2.65. The number of amides is 1. The Morgan fingerprint density at radius 1 is 1.27 bits per heavy atom. The number of carboxylic acids is 1. The van der Waals surface area contributed by atoms with E-state index in [2.05, 4.69) is 0 Å². The van der Waals surface area contributed by atoms with Crippen molar-refractivity contribution in [1.29, 1.82) is 0 Å². The Labute approximate surface area is 149 Å². The van der Waals surface area contributed by atoms with Crippen LogP contribution in [-0.2, 0) is 4.79 Å². The second-order valence-electron chi connectivity index (χ2n) is 6.46. The van der Waals surface area contributed by atoms with Crippen LogP contribution in [0.15, 0.2) is 12.1 Å². The third kappa shape index (κ3) is 3.87. The van der Waals surface area contributed by atoms with E-state index in [0.717, 1.165) is 12.8 Å². The summed E-state index contributed by atoms with van der Waals surface area (Å²) in [6, 6.07) is 2.60. The lowest BCUT2D eigenvalue weighted by atomic mass is 9.93. The van der Waals surface area contributed by atoms with E-state index in [1.165, 1.54) is 12.1 Å². The number of piperidine rings is 1. The SMILES string of the molecule is O=C(O)CCC1CCCN(C(=O)c2cc3c(cc2[N+](=O)[O-])OCCO3)C1. The number of nitro groups is 1. The normalized spacial score (nSPS) is 19.1. The number of benzene rings is 1. The zero-order valence-electron chi connectivity index (χ0n) is 14.2. The Balaban J connectivity index is 1.82. The summed E-state index contributed by atoms with van der Waals surface area (Å²) < 4.78 is 10.8. The zero-order chi connectivity index (χ0) is 18.7. The number of nitro benzene ring substituents is 1. The summed E-state index contributed by atoms with van der Waals surface area (Å²) >= 11 is 0. The Hall–Kier alpha value is -2.84. The van der Waals surface area contributed by atoms with Gasteiger partial charge in [-0.1, -0.05) is 0 Å². The first-order valence-electron chi connectivity index (χ1n) is 8.55. The van der Waals surface area contributed by atoms with Crippen molar-refractivity contribution in [2.24, 2.45) is 5.92 Å². The third-order valence-electron chi connectivity index (χ3n) is 4.66. The maximum atomic E-state index is 12.9. The summed E-state index contributed by atoms with van der Waals surface area (Å²) in [5.41, 5.74) is -0.343. The van der Waals surface area contributed by atoms with Gasteiger partial charge in [0.1, 0.15) is 18.8 Å². The molecule has 3 rings (SSSR count). The van der Waals surface area contributed by atoms with Crippen LogP contribution >= 0.6 is 0 Å². The van der Waals surface area contributed by atoms with Crippen LogP contribution in [0.4, 0.5) is 5.69 Å². The highest BCUT2D eigenvalue weighted by molar-refractivity contribution is 5.99. The zero-order valence-corrected chi connectivity index (χ0v) is 14.2. The van der Waals surface area contributed by atoms with Gasteiger partial charge in [-0.15, -0.1) is 0 Å². The highest BCUT2D eigenvalue weighted by atomic mass is 16.6. The Morgan fingerprint density at radius 3 is 2.62 bits per heavy atom. The third-order valence-corrected chi connectivity index (χ3v) is 4.66. The van der Waals surface area contributed by atoms with Crippen LogP contribution in [-0.4, -0.2) is 53.1 Å². The van der Waals surface area contributed by atoms with Crippen LogP contribution in [0.2, 0.25) is 0 Å². The number of carboxylic acid groups (broad SMARTS) is 1. The van der Waals surface area contributed by atoms with E-state index in [1.807, 2.05) is 0 Å². The van der Waals surface area contributed by atoms with Gasteiger partial charge in [-0.05, 0) is 25.2 Å². The molecule has 0 aliphatic carbocycles. The minimum atomic E-state index is -0.865. The molecule has 9 heteroatoms. The lowest BCUT2D eigenvalue weighted by Crippen LogP contribution is -2.40. The van der Waals surface area contributed by atoms with E-state index in [-0.39, 0.29) is 29.3 Å². The van der Waals surface area contributed by atoms with Gasteiger partial charge in [-0.2, -0.15) is 0 Å². The first-order valence-corrected chi connectivity index (χ1v) is 8.55. The summed E-state index contributed by atoms with van der Waals surface area (Å²) in [7, 11) is 0. The van der Waals surface area contributed by atoms with E-state index in [4.69, 9.17) is 14.6 Å². The number of likely N-dealkylation sites (tertiary alicyclic amines) is 1. The molecule has 0 bridgehead atoms. The van der Waals surface area contributed by atoms with Crippen molar-refractivity contribution in [1.82, 2.24) is 4.90 Å². The van der Waals surface area contributed by atoms with Crippen molar-refractivity contribution < 1.29 is 29.1 Å². The van der Waals surface area contributed by atoms with Crippen LogP contribution < -0.4 is 9.47 Å². The first kappa shape index (κ1) is 18.0.